The summed E-state index contributed by atoms with van der Waals surface area (Å²) in [5, 5.41) is 9.47. The fourth-order valence-corrected chi connectivity index (χ4v) is 2.66. The molecule has 1 aromatic carbocycles. The van der Waals surface area contributed by atoms with Crippen LogP contribution >= 0.6 is 11.3 Å². The molecule has 0 spiro atoms. The van der Waals surface area contributed by atoms with Gasteiger partial charge in [-0.05, 0) is 12.5 Å². The Kier molecular flexibility index (Phi) is 2.33. The summed E-state index contributed by atoms with van der Waals surface area (Å²) >= 11 is 1.60. The van der Waals surface area contributed by atoms with Gasteiger partial charge in [0.1, 0.15) is 0 Å². The van der Waals surface area contributed by atoms with Gasteiger partial charge in [0, 0.05) is 18.0 Å². The molecule has 4 nitrogen and oxygen atoms in total. The van der Waals surface area contributed by atoms with Gasteiger partial charge in [-0.1, -0.05) is 24.3 Å². The van der Waals surface area contributed by atoms with Crippen molar-refractivity contribution in [1.82, 2.24) is 14.6 Å². The second kappa shape index (κ2) is 3.85. The molecule has 17 heavy (non-hydrogen) atoms. The Morgan fingerprint density at radius 3 is 2.88 bits per heavy atom. The van der Waals surface area contributed by atoms with Gasteiger partial charge >= 0.3 is 0 Å². The molecule has 86 valence electrons. The summed E-state index contributed by atoms with van der Waals surface area (Å²) in [6.07, 6.45) is 0. The lowest BCUT2D eigenvalue weighted by Crippen LogP contribution is -1.93. The van der Waals surface area contributed by atoms with Crippen LogP contribution in [0.4, 0.5) is 5.95 Å². The molecule has 0 bridgehead atoms. The number of aromatic nitrogens is 3. The molecule has 3 aromatic rings. The quantitative estimate of drug-likeness (QED) is 0.753. The molecule has 0 fully saturated rings. The van der Waals surface area contributed by atoms with E-state index in [1.165, 1.54) is 11.1 Å². The molecule has 0 amide bonds. The monoisotopic (exact) mass is 244 g/mol. The zero-order valence-electron chi connectivity index (χ0n) is 9.64. The number of hydrogen-bond acceptors (Lipinski definition) is 4. The smallest absolute Gasteiger partial charge is 0.243 e. The van der Waals surface area contributed by atoms with Crippen LogP contribution in [0.5, 0.6) is 0 Å². The van der Waals surface area contributed by atoms with Crippen molar-refractivity contribution >= 4 is 22.2 Å². The predicted octanol–water partition coefficient (Wildman–Crippen LogP) is 2.81. The molecule has 2 aromatic heterocycles. The molecule has 5 heteroatoms. The highest BCUT2D eigenvalue weighted by atomic mass is 32.1. The number of rotatable bonds is 2. The van der Waals surface area contributed by atoms with Crippen LogP contribution in [0.2, 0.25) is 0 Å². The highest BCUT2D eigenvalue weighted by molar-refractivity contribution is 7.15. The Labute approximate surface area is 103 Å². The third kappa shape index (κ3) is 1.59. The number of aryl methyl sites for hydroxylation is 1. The number of anilines is 1. The first kappa shape index (κ1) is 10.3. The molecule has 2 heterocycles. The summed E-state index contributed by atoms with van der Waals surface area (Å²) in [7, 11) is 1.83. The second-order valence-corrected chi connectivity index (χ2v) is 4.65. The summed E-state index contributed by atoms with van der Waals surface area (Å²) < 4.78 is 1.89. The first-order valence-electron chi connectivity index (χ1n) is 5.37. The van der Waals surface area contributed by atoms with Crippen LogP contribution in [0.15, 0.2) is 29.6 Å². The molecule has 0 aliphatic rings. The van der Waals surface area contributed by atoms with Crippen molar-refractivity contribution in [3.63, 3.8) is 0 Å². The average Bonchev–Trinajstić information content (AvgIpc) is 2.89. The number of nitrogens with zero attached hydrogens (tertiary/aromatic N) is 3. The van der Waals surface area contributed by atoms with Gasteiger partial charge in [0.15, 0.2) is 0 Å². The lowest BCUT2D eigenvalue weighted by Gasteiger charge is -2.02. The standard InChI is InChI=1S/C12H12N4S/c1-8-5-3-4-6-9(8)10-7-17-12-14-11(13-2)15-16(10)12/h3-7H,1-2H3,(H,13,15). The van der Waals surface area contributed by atoms with E-state index >= 15 is 0 Å². The maximum absolute atomic E-state index is 4.41. The van der Waals surface area contributed by atoms with Gasteiger partial charge < -0.3 is 5.32 Å². The normalized spacial score (nSPS) is 10.9. The van der Waals surface area contributed by atoms with Crippen molar-refractivity contribution < 1.29 is 0 Å². The van der Waals surface area contributed by atoms with Gasteiger partial charge in [-0.3, -0.25) is 0 Å². The van der Waals surface area contributed by atoms with E-state index in [1.807, 2.05) is 23.7 Å². The topological polar surface area (TPSA) is 42.2 Å². The van der Waals surface area contributed by atoms with E-state index in [2.05, 4.69) is 39.8 Å². The van der Waals surface area contributed by atoms with Crippen molar-refractivity contribution in [3.05, 3.63) is 35.2 Å². The third-order valence-corrected chi connectivity index (χ3v) is 3.54. The molecule has 1 N–H and O–H groups in total. The molecule has 0 saturated carbocycles. The lowest BCUT2D eigenvalue weighted by molar-refractivity contribution is 0.984. The first-order valence-corrected chi connectivity index (χ1v) is 6.25. The van der Waals surface area contributed by atoms with E-state index in [0.717, 1.165) is 10.7 Å². The van der Waals surface area contributed by atoms with Gasteiger partial charge in [-0.15, -0.1) is 16.4 Å². The molecular weight excluding hydrogens is 232 g/mol. The van der Waals surface area contributed by atoms with Crippen LogP contribution in [0.25, 0.3) is 16.2 Å². The predicted molar refractivity (Wildman–Crippen MR) is 70.6 cm³/mol. The minimum absolute atomic E-state index is 0.659. The summed E-state index contributed by atoms with van der Waals surface area (Å²) in [6.45, 7) is 2.11. The maximum Gasteiger partial charge on any atom is 0.243 e. The van der Waals surface area contributed by atoms with Gasteiger partial charge in [-0.2, -0.15) is 4.98 Å². The first-order chi connectivity index (χ1) is 8.29. The van der Waals surface area contributed by atoms with Gasteiger partial charge in [-0.25, -0.2) is 4.52 Å². The third-order valence-electron chi connectivity index (χ3n) is 2.73. The van der Waals surface area contributed by atoms with Gasteiger partial charge in [0.2, 0.25) is 10.9 Å². The molecular formula is C12H12N4S. The summed E-state index contributed by atoms with van der Waals surface area (Å²) in [5.74, 6) is 0.659. The lowest BCUT2D eigenvalue weighted by atomic mass is 10.1. The Hall–Kier alpha value is -1.88. The molecule has 0 saturated heterocycles. The summed E-state index contributed by atoms with van der Waals surface area (Å²) in [4.78, 5) is 5.28. The van der Waals surface area contributed by atoms with Crippen molar-refractivity contribution in [1.29, 1.82) is 0 Å². The average molecular weight is 244 g/mol. The van der Waals surface area contributed by atoms with Crippen molar-refractivity contribution in [2.24, 2.45) is 0 Å². The van der Waals surface area contributed by atoms with E-state index < -0.39 is 0 Å². The number of thiazole rings is 1. The zero-order valence-corrected chi connectivity index (χ0v) is 10.5. The van der Waals surface area contributed by atoms with E-state index in [0.29, 0.717) is 5.95 Å². The Morgan fingerprint density at radius 2 is 2.12 bits per heavy atom. The Morgan fingerprint density at radius 1 is 1.29 bits per heavy atom. The maximum atomic E-state index is 4.41. The van der Waals surface area contributed by atoms with Crippen LogP contribution in [0.3, 0.4) is 0 Å². The van der Waals surface area contributed by atoms with Crippen LogP contribution in [0, 0.1) is 6.92 Å². The fourth-order valence-electron chi connectivity index (χ4n) is 1.83. The molecule has 3 rings (SSSR count). The Balaban J connectivity index is 2.23. The minimum Gasteiger partial charge on any atom is -0.356 e. The van der Waals surface area contributed by atoms with Crippen molar-refractivity contribution in [3.8, 4) is 11.3 Å². The largest absolute Gasteiger partial charge is 0.356 e. The van der Waals surface area contributed by atoms with E-state index in [4.69, 9.17) is 0 Å². The van der Waals surface area contributed by atoms with E-state index in [-0.39, 0.29) is 0 Å². The summed E-state index contributed by atoms with van der Waals surface area (Å²) in [5.41, 5.74) is 3.54. The Bertz CT molecular complexity index is 668. The van der Waals surface area contributed by atoms with Crippen LogP contribution in [-0.2, 0) is 0 Å². The SMILES string of the molecule is CNc1nc2scc(-c3ccccc3C)n2n1. The van der Waals surface area contributed by atoms with Crippen LogP contribution in [-0.4, -0.2) is 21.6 Å². The van der Waals surface area contributed by atoms with E-state index in [1.54, 1.807) is 11.3 Å². The van der Waals surface area contributed by atoms with Gasteiger partial charge in [0.05, 0.1) is 5.69 Å². The van der Waals surface area contributed by atoms with E-state index in [9.17, 15) is 0 Å². The van der Waals surface area contributed by atoms with Crippen molar-refractivity contribution in [2.45, 2.75) is 6.92 Å². The van der Waals surface area contributed by atoms with Crippen LogP contribution < -0.4 is 5.32 Å². The number of fused-ring (bicyclic) bond motifs is 1. The molecule has 0 radical (unpaired) electrons. The minimum atomic E-state index is 0.659. The number of benzene rings is 1. The van der Waals surface area contributed by atoms with Crippen LogP contribution in [0.1, 0.15) is 5.56 Å². The highest BCUT2D eigenvalue weighted by Gasteiger charge is 2.11. The number of hydrogen-bond donors (Lipinski definition) is 1. The summed E-state index contributed by atoms with van der Waals surface area (Å²) in [6, 6.07) is 8.30. The van der Waals surface area contributed by atoms with Gasteiger partial charge in [0.25, 0.3) is 0 Å². The second-order valence-electron chi connectivity index (χ2n) is 3.82. The zero-order chi connectivity index (χ0) is 11.8. The molecule has 0 atom stereocenters. The molecule has 0 aliphatic heterocycles. The molecule has 0 unspecified atom stereocenters. The van der Waals surface area contributed by atoms with Crippen molar-refractivity contribution in [2.75, 3.05) is 12.4 Å². The number of nitrogens with one attached hydrogen (secondary N) is 1. The molecule has 0 aliphatic carbocycles. The highest BCUT2D eigenvalue weighted by Crippen LogP contribution is 2.27. The fraction of sp³-hybridized carbons (Fsp3) is 0.167.